The highest BCUT2D eigenvalue weighted by molar-refractivity contribution is 6.00. The minimum Gasteiger partial charge on any atom is -0.327 e. The maximum Gasteiger partial charge on any atom is 0.254 e. The molecule has 0 aliphatic carbocycles. The van der Waals surface area contributed by atoms with E-state index in [0.29, 0.717) is 11.4 Å². The summed E-state index contributed by atoms with van der Waals surface area (Å²) in [5, 5.41) is 7.86. The zero-order chi connectivity index (χ0) is 25.2. The van der Waals surface area contributed by atoms with Gasteiger partial charge in [-0.1, -0.05) is 51.1 Å². The number of aryl methyl sites for hydroxylation is 2. The smallest absolute Gasteiger partial charge is 0.254 e. The van der Waals surface area contributed by atoms with E-state index < -0.39 is 0 Å². The first kappa shape index (κ1) is 25.2. The molecule has 0 atom stereocenters. The third kappa shape index (κ3) is 5.38. The van der Waals surface area contributed by atoms with E-state index in [1.807, 2.05) is 57.2 Å². The van der Waals surface area contributed by atoms with Crippen LogP contribution in [0.2, 0.25) is 0 Å². The van der Waals surface area contributed by atoms with Crippen LogP contribution in [0.3, 0.4) is 0 Å². The molecule has 0 unspecified atom stereocenters. The fourth-order valence-corrected chi connectivity index (χ4v) is 3.78. The Bertz CT molecular complexity index is 1200. The monoisotopic (exact) mass is 460 g/mol. The summed E-state index contributed by atoms with van der Waals surface area (Å²) >= 11 is 0. The van der Waals surface area contributed by atoms with Crippen molar-refractivity contribution in [3.05, 3.63) is 76.5 Å². The van der Waals surface area contributed by atoms with Crippen molar-refractivity contribution in [2.75, 3.05) is 11.9 Å². The topological polar surface area (TPSA) is 67.2 Å². The van der Waals surface area contributed by atoms with E-state index in [0.717, 1.165) is 28.1 Å². The molecule has 0 aliphatic rings. The van der Waals surface area contributed by atoms with Gasteiger partial charge in [0.25, 0.3) is 5.91 Å². The molecule has 0 fully saturated rings. The Balaban J connectivity index is 1.92. The first-order chi connectivity index (χ1) is 15.9. The SMILES string of the molecule is Cc1ccccc1C(=O)N(CC(=O)Nc1cc(C(C)(C)C)nn1-c1cccc(C)c1C)C(C)C. The van der Waals surface area contributed by atoms with Gasteiger partial charge in [-0.2, -0.15) is 5.10 Å². The number of amides is 2. The number of hydrogen-bond donors (Lipinski definition) is 1. The average molecular weight is 461 g/mol. The third-order valence-electron chi connectivity index (χ3n) is 6.12. The van der Waals surface area contributed by atoms with Gasteiger partial charge in [-0.25, -0.2) is 4.68 Å². The second-order valence-electron chi connectivity index (χ2n) is 10.2. The number of carbonyl (C=O) groups is 2. The van der Waals surface area contributed by atoms with Gasteiger partial charge >= 0.3 is 0 Å². The van der Waals surface area contributed by atoms with Gasteiger partial charge in [0.05, 0.1) is 11.4 Å². The molecular formula is C28H36N4O2. The van der Waals surface area contributed by atoms with Crippen LogP contribution < -0.4 is 5.32 Å². The molecule has 0 saturated heterocycles. The molecule has 0 saturated carbocycles. The summed E-state index contributed by atoms with van der Waals surface area (Å²) in [4.78, 5) is 28.0. The minimum absolute atomic E-state index is 0.0480. The number of nitrogens with zero attached hydrogens (tertiary/aromatic N) is 3. The average Bonchev–Trinajstić information content (AvgIpc) is 3.17. The molecule has 0 spiro atoms. The highest BCUT2D eigenvalue weighted by atomic mass is 16.2. The highest BCUT2D eigenvalue weighted by Gasteiger charge is 2.25. The zero-order valence-corrected chi connectivity index (χ0v) is 21.6. The summed E-state index contributed by atoms with van der Waals surface area (Å²) in [5.41, 5.74) is 5.36. The van der Waals surface area contributed by atoms with Gasteiger partial charge in [0.15, 0.2) is 0 Å². The fourth-order valence-electron chi connectivity index (χ4n) is 3.78. The number of carbonyl (C=O) groups excluding carboxylic acids is 2. The molecule has 0 aliphatic heterocycles. The van der Waals surface area contributed by atoms with Gasteiger partial charge in [-0.3, -0.25) is 9.59 Å². The van der Waals surface area contributed by atoms with Crippen LogP contribution >= 0.6 is 0 Å². The van der Waals surface area contributed by atoms with E-state index in [2.05, 4.69) is 46.0 Å². The molecule has 180 valence electrons. The molecular weight excluding hydrogens is 424 g/mol. The Hall–Kier alpha value is -3.41. The van der Waals surface area contributed by atoms with Crippen LogP contribution in [-0.2, 0) is 10.2 Å². The van der Waals surface area contributed by atoms with E-state index in [4.69, 9.17) is 5.10 Å². The predicted octanol–water partition coefficient (Wildman–Crippen LogP) is 5.58. The summed E-state index contributed by atoms with van der Waals surface area (Å²) in [7, 11) is 0. The zero-order valence-electron chi connectivity index (χ0n) is 21.6. The van der Waals surface area contributed by atoms with Crippen LogP contribution in [0.4, 0.5) is 5.82 Å². The van der Waals surface area contributed by atoms with Gasteiger partial charge in [0.2, 0.25) is 5.91 Å². The van der Waals surface area contributed by atoms with Crippen molar-refractivity contribution < 1.29 is 9.59 Å². The van der Waals surface area contributed by atoms with Crippen LogP contribution in [0.15, 0.2) is 48.5 Å². The van der Waals surface area contributed by atoms with Gasteiger partial charge in [0.1, 0.15) is 12.4 Å². The predicted molar refractivity (Wildman–Crippen MR) is 138 cm³/mol. The van der Waals surface area contributed by atoms with E-state index in [1.54, 1.807) is 15.6 Å². The summed E-state index contributed by atoms with van der Waals surface area (Å²) in [5.74, 6) is 0.180. The standard InChI is InChI=1S/C28H36N4O2/c1-18(2)31(27(34)22-14-10-9-12-20(22)4)17-26(33)29-25-16-24(28(6,7)8)30-32(25)23-15-11-13-19(3)21(23)5/h9-16,18H,17H2,1-8H3,(H,29,33). The number of hydrogen-bond acceptors (Lipinski definition) is 3. The number of aromatic nitrogens is 2. The van der Waals surface area contributed by atoms with E-state index >= 15 is 0 Å². The fraction of sp³-hybridized carbons (Fsp3) is 0.393. The second-order valence-corrected chi connectivity index (χ2v) is 10.2. The second kappa shape index (κ2) is 9.84. The summed E-state index contributed by atoms with van der Waals surface area (Å²) in [6.07, 6.45) is 0. The van der Waals surface area contributed by atoms with Crippen LogP contribution in [0.5, 0.6) is 0 Å². The number of benzene rings is 2. The molecule has 3 aromatic rings. The van der Waals surface area contributed by atoms with Crippen LogP contribution in [0.1, 0.15) is 67.4 Å². The molecule has 6 nitrogen and oxygen atoms in total. The number of rotatable bonds is 6. The molecule has 2 aromatic carbocycles. The normalized spacial score (nSPS) is 11.6. The van der Waals surface area contributed by atoms with Crippen LogP contribution in [0, 0.1) is 20.8 Å². The van der Waals surface area contributed by atoms with Crippen molar-refractivity contribution >= 4 is 17.6 Å². The molecule has 3 rings (SSSR count). The van der Waals surface area contributed by atoms with Crippen molar-refractivity contribution in [1.29, 1.82) is 0 Å². The summed E-state index contributed by atoms with van der Waals surface area (Å²) in [6, 6.07) is 15.3. The van der Waals surface area contributed by atoms with Crippen molar-refractivity contribution in [3.8, 4) is 5.69 Å². The van der Waals surface area contributed by atoms with E-state index in [1.165, 1.54) is 0 Å². The van der Waals surface area contributed by atoms with Crippen molar-refractivity contribution in [3.63, 3.8) is 0 Å². The summed E-state index contributed by atoms with van der Waals surface area (Å²) < 4.78 is 1.80. The maximum atomic E-state index is 13.2. The quantitative estimate of drug-likeness (QED) is 0.522. The van der Waals surface area contributed by atoms with E-state index in [9.17, 15) is 9.59 Å². The first-order valence-electron chi connectivity index (χ1n) is 11.7. The lowest BCUT2D eigenvalue weighted by atomic mass is 9.92. The Morgan fingerprint density at radius 3 is 2.26 bits per heavy atom. The lowest BCUT2D eigenvalue weighted by Crippen LogP contribution is -2.42. The highest BCUT2D eigenvalue weighted by Crippen LogP contribution is 2.28. The van der Waals surface area contributed by atoms with Gasteiger partial charge in [0, 0.05) is 23.1 Å². The molecule has 1 N–H and O–H groups in total. The lowest BCUT2D eigenvalue weighted by molar-refractivity contribution is -0.117. The Morgan fingerprint density at radius 2 is 1.65 bits per heavy atom. The summed E-state index contributed by atoms with van der Waals surface area (Å²) in [6.45, 7) is 16.1. The molecule has 34 heavy (non-hydrogen) atoms. The number of nitrogens with one attached hydrogen (secondary N) is 1. The van der Waals surface area contributed by atoms with Crippen molar-refractivity contribution in [1.82, 2.24) is 14.7 Å². The number of anilines is 1. The minimum atomic E-state index is -0.262. The molecule has 1 aromatic heterocycles. The van der Waals surface area contributed by atoms with Crippen LogP contribution in [-0.4, -0.2) is 39.1 Å². The lowest BCUT2D eigenvalue weighted by Gasteiger charge is -2.27. The van der Waals surface area contributed by atoms with Crippen molar-refractivity contribution in [2.24, 2.45) is 0 Å². The van der Waals surface area contributed by atoms with Gasteiger partial charge in [-0.05, 0) is 63.4 Å². The molecule has 0 radical (unpaired) electrons. The van der Waals surface area contributed by atoms with Crippen LogP contribution in [0.25, 0.3) is 5.69 Å². The first-order valence-corrected chi connectivity index (χ1v) is 11.7. The Labute approximate surface area is 203 Å². The molecule has 2 amide bonds. The maximum absolute atomic E-state index is 13.2. The van der Waals surface area contributed by atoms with Crippen molar-refractivity contribution in [2.45, 2.75) is 66.8 Å². The largest absolute Gasteiger partial charge is 0.327 e. The Morgan fingerprint density at radius 1 is 1.00 bits per heavy atom. The van der Waals surface area contributed by atoms with Gasteiger partial charge < -0.3 is 10.2 Å². The molecule has 6 heteroatoms. The third-order valence-corrected chi connectivity index (χ3v) is 6.12. The van der Waals surface area contributed by atoms with E-state index in [-0.39, 0.29) is 29.8 Å². The molecule has 0 bridgehead atoms. The molecule has 1 heterocycles. The van der Waals surface area contributed by atoms with Gasteiger partial charge in [-0.15, -0.1) is 0 Å². The Kier molecular flexibility index (Phi) is 7.29.